The number of nitrogens with zero attached hydrogens (tertiary/aromatic N) is 3. The highest BCUT2D eigenvalue weighted by molar-refractivity contribution is 5.60. The largest absolute Gasteiger partial charge is 0.384 e. The van der Waals surface area contributed by atoms with Gasteiger partial charge in [-0.05, 0) is 38.4 Å². The van der Waals surface area contributed by atoms with Gasteiger partial charge in [0, 0.05) is 36.9 Å². The summed E-state index contributed by atoms with van der Waals surface area (Å²) in [6.07, 6.45) is 3.43. The van der Waals surface area contributed by atoms with Crippen LogP contribution >= 0.6 is 0 Å². The molecule has 2 aromatic rings. The summed E-state index contributed by atoms with van der Waals surface area (Å²) in [6, 6.07) is 9.89. The second-order valence-electron chi connectivity index (χ2n) is 4.51. The zero-order valence-corrected chi connectivity index (χ0v) is 11.3. The van der Waals surface area contributed by atoms with E-state index in [1.807, 2.05) is 24.3 Å². The van der Waals surface area contributed by atoms with Crippen LogP contribution in [0.15, 0.2) is 42.7 Å². The Kier molecular flexibility index (Phi) is 4.69. The zero-order valence-electron chi connectivity index (χ0n) is 11.3. The molecule has 0 unspecified atom stereocenters. The Bertz CT molecular complexity index is 498. The van der Waals surface area contributed by atoms with Gasteiger partial charge in [0.25, 0.3) is 0 Å². The molecule has 0 bridgehead atoms. The molecule has 0 atom stereocenters. The summed E-state index contributed by atoms with van der Waals surface area (Å²) in [5.74, 6) is 0.605. The molecule has 0 saturated carbocycles. The van der Waals surface area contributed by atoms with E-state index in [1.54, 1.807) is 18.5 Å². The van der Waals surface area contributed by atoms with Gasteiger partial charge < -0.3 is 15.5 Å². The van der Waals surface area contributed by atoms with Crippen LogP contribution in [0.25, 0.3) is 0 Å². The molecule has 5 nitrogen and oxygen atoms in total. The minimum absolute atomic E-state index is 0.605. The second kappa shape index (κ2) is 6.70. The lowest BCUT2D eigenvalue weighted by atomic mass is 10.2. The molecule has 0 aliphatic carbocycles. The maximum atomic E-state index is 4.14. The summed E-state index contributed by atoms with van der Waals surface area (Å²) in [6.45, 7) is 1.91. The van der Waals surface area contributed by atoms with Gasteiger partial charge in [0.05, 0.1) is 0 Å². The van der Waals surface area contributed by atoms with E-state index < -0.39 is 0 Å². The van der Waals surface area contributed by atoms with E-state index in [9.17, 15) is 0 Å². The van der Waals surface area contributed by atoms with Gasteiger partial charge in [-0.1, -0.05) is 6.07 Å². The third-order valence-electron chi connectivity index (χ3n) is 2.57. The van der Waals surface area contributed by atoms with Crippen molar-refractivity contribution in [3.05, 3.63) is 42.7 Å². The number of likely N-dealkylation sites (N-methyl/N-ethyl adjacent to an activating group) is 1. The van der Waals surface area contributed by atoms with Gasteiger partial charge in [-0.2, -0.15) is 0 Å². The van der Waals surface area contributed by atoms with Crippen molar-refractivity contribution in [3.63, 3.8) is 0 Å². The molecule has 2 rings (SSSR count). The Labute approximate surface area is 113 Å². The molecule has 1 heterocycles. The predicted octanol–water partition coefficient (Wildman–Crippen LogP) is 2.19. The van der Waals surface area contributed by atoms with Gasteiger partial charge in [0.2, 0.25) is 5.95 Å². The molecule has 0 saturated heterocycles. The van der Waals surface area contributed by atoms with Crippen molar-refractivity contribution in [2.45, 2.75) is 0 Å². The molecular formula is C14H19N5. The van der Waals surface area contributed by atoms with Crippen LogP contribution < -0.4 is 10.6 Å². The van der Waals surface area contributed by atoms with Crippen LogP contribution in [0.4, 0.5) is 17.3 Å². The summed E-state index contributed by atoms with van der Waals surface area (Å²) in [4.78, 5) is 10.4. The first kappa shape index (κ1) is 13.3. The van der Waals surface area contributed by atoms with Gasteiger partial charge in [-0.15, -0.1) is 0 Å². The highest BCUT2D eigenvalue weighted by atomic mass is 15.1. The monoisotopic (exact) mass is 257 g/mol. The molecule has 1 aromatic heterocycles. The molecule has 1 aromatic carbocycles. The average molecular weight is 257 g/mol. The molecule has 0 fully saturated rings. The van der Waals surface area contributed by atoms with Crippen LogP contribution in [0, 0.1) is 0 Å². The minimum Gasteiger partial charge on any atom is -0.384 e. The molecule has 5 heteroatoms. The first-order chi connectivity index (χ1) is 9.24. The van der Waals surface area contributed by atoms with E-state index in [-0.39, 0.29) is 0 Å². The van der Waals surface area contributed by atoms with Crippen molar-refractivity contribution >= 4 is 17.3 Å². The van der Waals surface area contributed by atoms with Gasteiger partial charge in [0.1, 0.15) is 0 Å². The first-order valence-electron chi connectivity index (χ1n) is 6.27. The zero-order chi connectivity index (χ0) is 13.5. The van der Waals surface area contributed by atoms with Crippen molar-refractivity contribution < 1.29 is 0 Å². The topological polar surface area (TPSA) is 53.1 Å². The Hall–Kier alpha value is -2.14. The van der Waals surface area contributed by atoms with E-state index in [4.69, 9.17) is 0 Å². The van der Waals surface area contributed by atoms with Crippen molar-refractivity contribution in [3.8, 4) is 0 Å². The van der Waals surface area contributed by atoms with Crippen molar-refractivity contribution in [1.82, 2.24) is 14.9 Å². The third-order valence-corrected chi connectivity index (χ3v) is 2.57. The van der Waals surface area contributed by atoms with Gasteiger partial charge in [-0.3, -0.25) is 0 Å². The molecule has 0 amide bonds. The van der Waals surface area contributed by atoms with Crippen LogP contribution in [0.1, 0.15) is 0 Å². The normalized spacial score (nSPS) is 10.5. The molecule has 0 aliphatic rings. The van der Waals surface area contributed by atoms with Crippen LogP contribution in [-0.2, 0) is 0 Å². The lowest BCUT2D eigenvalue weighted by Gasteiger charge is -2.12. The van der Waals surface area contributed by atoms with Crippen LogP contribution in [0.3, 0.4) is 0 Å². The predicted molar refractivity (Wildman–Crippen MR) is 78.8 cm³/mol. The van der Waals surface area contributed by atoms with Gasteiger partial charge in [-0.25, -0.2) is 9.97 Å². The maximum absolute atomic E-state index is 4.14. The number of aromatic nitrogens is 2. The Balaban J connectivity index is 1.95. The second-order valence-corrected chi connectivity index (χ2v) is 4.51. The smallest absolute Gasteiger partial charge is 0.227 e. The summed E-state index contributed by atoms with van der Waals surface area (Å²) in [5, 5.41) is 6.55. The lowest BCUT2D eigenvalue weighted by molar-refractivity contribution is 0.425. The fraction of sp³-hybridized carbons (Fsp3) is 0.286. The van der Waals surface area contributed by atoms with Crippen LogP contribution in [0.5, 0.6) is 0 Å². The summed E-state index contributed by atoms with van der Waals surface area (Å²) < 4.78 is 0. The van der Waals surface area contributed by atoms with Gasteiger partial charge in [0.15, 0.2) is 0 Å². The standard InChI is InChI=1S/C14H19N5/c1-19(2)10-9-15-12-5-3-6-13(11-12)18-14-16-7-4-8-17-14/h3-8,11,15H,9-10H2,1-2H3,(H,16,17,18). The highest BCUT2D eigenvalue weighted by Crippen LogP contribution is 2.17. The Morgan fingerprint density at radius 1 is 1.05 bits per heavy atom. The van der Waals surface area contributed by atoms with E-state index in [1.165, 1.54) is 0 Å². The van der Waals surface area contributed by atoms with Crippen LogP contribution in [-0.4, -0.2) is 42.1 Å². The van der Waals surface area contributed by atoms with Crippen molar-refractivity contribution in [2.24, 2.45) is 0 Å². The number of hydrogen-bond donors (Lipinski definition) is 2. The average Bonchev–Trinajstić information content (AvgIpc) is 2.40. The fourth-order valence-corrected chi connectivity index (χ4v) is 1.62. The van der Waals surface area contributed by atoms with E-state index in [0.717, 1.165) is 24.5 Å². The van der Waals surface area contributed by atoms with E-state index in [0.29, 0.717) is 5.95 Å². The number of anilines is 3. The molecule has 0 aliphatic heterocycles. The molecule has 0 radical (unpaired) electrons. The number of benzene rings is 1. The molecule has 0 spiro atoms. The third kappa shape index (κ3) is 4.56. The summed E-state index contributed by atoms with van der Waals surface area (Å²) in [5.41, 5.74) is 2.06. The first-order valence-corrected chi connectivity index (χ1v) is 6.27. The van der Waals surface area contributed by atoms with E-state index >= 15 is 0 Å². The Morgan fingerprint density at radius 3 is 2.53 bits per heavy atom. The SMILES string of the molecule is CN(C)CCNc1cccc(Nc2ncccn2)c1. The molecule has 19 heavy (non-hydrogen) atoms. The lowest BCUT2D eigenvalue weighted by Crippen LogP contribution is -2.20. The number of rotatable bonds is 6. The maximum Gasteiger partial charge on any atom is 0.227 e. The Morgan fingerprint density at radius 2 is 1.79 bits per heavy atom. The van der Waals surface area contributed by atoms with Gasteiger partial charge >= 0.3 is 0 Å². The summed E-state index contributed by atoms with van der Waals surface area (Å²) in [7, 11) is 4.12. The molecule has 100 valence electrons. The highest BCUT2D eigenvalue weighted by Gasteiger charge is 1.98. The number of hydrogen-bond acceptors (Lipinski definition) is 5. The van der Waals surface area contributed by atoms with Crippen LogP contribution in [0.2, 0.25) is 0 Å². The summed E-state index contributed by atoms with van der Waals surface area (Å²) >= 11 is 0. The van der Waals surface area contributed by atoms with E-state index in [2.05, 4.69) is 39.6 Å². The minimum atomic E-state index is 0.605. The molecule has 2 N–H and O–H groups in total. The fourth-order valence-electron chi connectivity index (χ4n) is 1.62. The molecular weight excluding hydrogens is 238 g/mol. The van der Waals surface area contributed by atoms with Crippen molar-refractivity contribution in [2.75, 3.05) is 37.8 Å². The van der Waals surface area contributed by atoms with Crippen molar-refractivity contribution in [1.29, 1.82) is 0 Å². The quantitative estimate of drug-likeness (QED) is 0.831. The number of nitrogens with one attached hydrogen (secondary N) is 2.